The minimum absolute atomic E-state index is 0.0547. The molecule has 1 aromatic rings. The molecule has 2 nitrogen and oxygen atoms in total. The highest BCUT2D eigenvalue weighted by Gasteiger charge is 2.22. The molecule has 14 heavy (non-hydrogen) atoms. The zero-order valence-corrected chi connectivity index (χ0v) is 9.23. The molecule has 1 rings (SSSR count). The van der Waals surface area contributed by atoms with E-state index in [0.717, 1.165) is 0 Å². The van der Waals surface area contributed by atoms with E-state index in [-0.39, 0.29) is 10.8 Å². The van der Waals surface area contributed by atoms with Gasteiger partial charge in [0.25, 0.3) is 0 Å². The van der Waals surface area contributed by atoms with Gasteiger partial charge in [-0.05, 0) is 19.1 Å². The largest absolute Gasteiger partial charge is 0.506 e. The number of benzene rings is 1. The Balaban J connectivity index is 3.41. The van der Waals surface area contributed by atoms with Crippen LogP contribution < -0.4 is 5.73 Å². The maximum Gasteiger partial charge on any atom is 0.139 e. The zero-order chi connectivity index (χ0) is 10.9. The fraction of sp³-hybridized carbons (Fsp3) is 0.200. The first kappa shape index (κ1) is 11.4. The van der Waals surface area contributed by atoms with Crippen molar-refractivity contribution in [3.8, 4) is 5.75 Å². The third kappa shape index (κ3) is 2.03. The lowest BCUT2D eigenvalue weighted by molar-refractivity contribution is 0.452. The van der Waals surface area contributed by atoms with E-state index in [9.17, 15) is 5.11 Å². The summed E-state index contributed by atoms with van der Waals surface area (Å²) in [7, 11) is 0. The van der Waals surface area contributed by atoms with Crippen LogP contribution in [0.3, 0.4) is 0 Å². The minimum Gasteiger partial charge on any atom is -0.506 e. The van der Waals surface area contributed by atoms with Gasteiger partial charge in [0.2, 0.25) is 0 Å². The minimum atomic E-state index is -0.849. The predicted octanol–water partition coefficient (Wildman–Crippen LogP) is 3.06. The van der Waals surface area contributed by atoms with Gasteiger partial charge >= 0.3 is 0 Å². The molecule has 0 saturated carbocycles. The van der Waals surface area contributed by atoms with Crippen LogP contribution in [0, 0.1) is 0 Å². The molecule has 0 aromatic heterocycles. The number of nitrogens with two attached hydrogens (primary N) is 1. The molecule has 0 aliphatic carbocycles. The molecule has 3 N–H and O–H groups in total. The number of hydrogen-bond donors (Lipinski definition) is 2. The number of aromatic hydroxyl groups is 1. The third-order valence-electron chi connectivity index (χ3n) is 2.03. The van der Waals surface area contributed by atoms with Gasteiger partial charge in [0.1, 0.15) is 5.75 Å². The van der Waals surface area contributed by atoms with Crippen molar-refractivity contribution in [3.63, 3.8) is 0 Å². The van der Waals surface area contributed by atoms with Crippen LogP contribution in [0.5, 0.6) is 5.75 Å². The smallest absolute Gasteiger partial charge is 0.139 e. The van der Waals surface area contributed by atoms with Crippen LogP contribution in [-0.4, -0.2) is 5.11 Å². The molecule has 0 unspecified atom stereocenters. The Morgan fingerprint density at radius 3 is 2.57 bits per heavy atom. The van der Waals surface area contributed by atoms with E-state index >= 15 is 0 Å². The summed E-state index contributed by atoms with van der Waals surface area (Å²) in [6.07, 6.45) is 1.52. The second kappa shape index (κ2) is 3.81. The maximum atomic E-state index is 9.67. The second-order valence-electron chi connectivity index (χ2n) is 3.27. The van der Waals surface area contributed by atoms with E-state index in [2.05, 4.69) is 6.58 Å². The lowest BCUT2D eigenvalue weighted by atomic mass is 9.92. The normalized spacial score (nSPS) is 14.9. The molecule has 0 radical (unpaired) electrons. The monoisotopic (exact) mass is 231 g/mol. The maximum absolute atomic E-state index is 9.67. The highest BCUT2D eigenvalue weighted by molar-refractivity contribution is 6.35. The van der Waals surface area contributed by atoms with Crippen LogP contribution in [-0.2, 0) is 5.54 Å². The number of halogens is 2. The average molecular weight is 232 g/mol. The molecule has 0 aliphatic heterocycles. The molecule has 0 aliphatic rings. The number of rotatable bonds is 2. The Morgan fingerprint density at radius 1 is 1.50 bits per heavy atom. The van der Waals surface area contributed by atoms with Gasteiger partial charge in [-0.1, -0.05) is 29.3 Å². The van der Waals surface area contributed by atoms with Gasteiger partial charge in [0.05, 0.1) is 10.6 Å². The molecule has 0 bridgehead atoms. The number of phenols is 1. The summed E-state index contributed by atoms with van der Waals surface area (Å²) in [5.74, 6) is -0.0547. The van der Waals surface area contributed by atoms with E-state index in [1.807, 2.05) is 0 Å². The number of phenolic OH excluding ortho intramolecular Hbond substituents is 1. The Morgan fingerprint density at radius 2 is 2.07 bits per heavy atom. The van der Waals surface area contributed by atoms with Crippen LogP contribution in [0.4, 0.5) is 0 Å². The average Bonchev–Trinajstić information content (AvgIpc) is 2.11. The van der Waals surface area contributed by atoms with Crippen molar-refractivity contribution in [2.45, 2.75) is 12.5 Å². The predicted molar refractivity (Wildman–Crippen MR) is 59.9 cm³/mol. The lowest BCUT2D eigenvalue weighted by Crippen LogP contribution is -2.30. The van der Waals surface area contributed by atoms with Crippen molar-refractivity contribution < 1.29 is 5.11 Å². The van der Waals surface area contributed by atoms with Crippen LogP contribution in [0.15, 0.2) is 24.8 Å². The van der Waals surface area contributed by atoms with Crippen LogP contribution in [0.25, 0.3) is 0 Å². The zero-order valence-electron chi connectivity index (χ0n) is 7.72. The van der Waals surface area contributed by atoms with E-state index in [0.29, 0.717) is 10.6 Å². The SMILES string of the molecule is C=C[C@@](C)(N)c1cc(Cl)cc(Cl)c1O. The summed E-state index contributed by atoms with van der Waals surface area (Å²) in [4.78, 5) is 0. The van der Waals surface area contributed by atoms with E-state index < -0.39 is 5.54 Å². The lowest BCUT2D eigenvalue weighted by Gasteiger charge is -2.22. The van der Waals surface area contributed by atoms with Gasteiger partial charge < -0.3 is 10.8 Å². The van der Waals surface area contributed by atoms with Crippen LogP contribution in [0.1, 0.15) is 12.5 Å². The van der Waals surface area contributed by atoms with Crippen molar-refractivity contribution in [1.29, 1.82) is 0 Å². The Hall–Kier alpha value is -0.700. The van der Waals surface area contributed by atoms with Gasteiger partial charge in [-0.2, -0.15) is 0 Å². The van der Waals surface area contributed by atoms with Crippen molar-refractivity contribution >= 4 is 23.2 Å². The summed E-state index contributed by atoms with van der Waals surface area (Å²) in [6, 6.07) is 3.03. The van der Waals surface area contributed by atoms with Gasteiger partial charge in [-0.15, -0.1) is 6.58 Å². The van der Waals surface area contributed by atoms with Gasteiger partial charge in [-0.3, -0.25) is 0 Å². The Labute approximate surface area is 92.9 Å². The van der Waals surface area contributed by atoms with E-state index in [1.54, 1.807) is 13.0 Å². The molecule has 0 spiro atoms. The van der Waals surface area contributed by atoms with E-state index in [1.165, 1.54) is 12.1 Å². The molecule has 76 valence electrons. The molecule has 0 saturated heterocycles. The number of hydrogen-bond acceptors (Lipinski definition) is 2. The standard InChI is InChI=1S/C10H11Cl2NO/c1-3-10(2,13)7-4-6(11)5-8(12)9(7)14/h3-5,14H,1,13H2,2H3/t10-/m1/s1. The van der Waals surface area contributed by atoms with Crippen molar-refractivity contribution in [2.75, 3.05) is 0 Å². The van der Waals surface area contributed by atoms with Gasteiger partial charge in [-0.25, -0.2) is 0 Å². The highest BCUT2D eigenvalue weighted by atomic mass is 35.5. The first-order chi connectivity index (χ1) is 6.38. The first-order valence-corrected chi connectivity index (χ1v) is 4.75. The van der Waals surface area contributed by atoms with Crippen molar-refractivity contribution in [3.05, 3.63) is 40.4 Å². The molecule has 4 heteroatoms. The molecule has 0 fully saturated rings. The topological polar surface area (TPSA) is 46.2 Å². The van der Waals surface area contributed by atoms with E-state index in [4.69, 9.17) is 28.9 Å². The van der Waals surface area contributed by atoms with Gasteiger partial charge in [0.15, 0.2) is 0 Å². The first-order valence-electron chi connectivity index (χ1n) is 3.99. The fourth-order valence-corrected chi connectivity index (χ4v) is 1.58. The Bertz CT molecular complexity index is 375. The van der Waals surface area contributed by atoms with Crippen molar-refractivity contribution in [1.82, 2.24) is 0 Å². The molecule has 0 amide bonds. The summed E-state index contributed by atoms with van der Waals surface area (Å²) >= 11 is 11.6. The molecule has 1 atom stereocenters. The third-order valence-corrected chi connectivity index (χ3v) is 2.54. The molecule has 1 aromatic carbocycles. The Kier molecular flexibility index (Phi) is 3.10. The summed E-state index contributed by atoms with van der Waals surface area (Å²) in [5, 5.41) is 10.3. The van der Waals surface area contributed by atoms with Crippen LogP contribution >= 0.6 is 23.2 Å². The summed E-state index contributed by atoms with van der Waals surface area (Å²) in [6.45, 7) is 5.30. The van der Waals surface area contributed by atoms with Crippen molar-refractivity contribution in [2.24, 2.45) is 5.73 Å². The quantitative estimate of drug-likeness (QED) is 0.769. The van der Waals surface area contributed by atoms with Crippen LogP contribution in [0.2, 0.25) is 10.0 Å². The molecular weight excluding hydrogens is 221 g/mol. The highest BCUT2D eigenvalue weighted by Crippen LogP contribution is 2.36. The molecular formula is C10H11Cl2NO. The second-order valence-corrected chi connectivity index (χ2v) is 4.11. The molecule has 0 heterocycles. The fourth-order valence-electron chi connectivity index (χ4n) is 1.09. The summed E-state index contributed by atoms with van der Waals surface area (Å²) in [5.41, 5.74) is 5.49. The van der Waals surface area contributed by atoms with Gasteiger partial charge in [0, 0.05) is 10.6 Å². The summed E-state index contributed by atoms with van der Waals surface area (Å²) < 4.78 is 0.